The van der Waals surface area contributed by atoms with Crippen LogP contribution in [0.2, 0.25) is 0 Å². The lowest BCUT2D eigenvalue weighted by Crippen LogP contribution is -2.53. The average molecular weight is 575 g/mol. The molecule has 2 saturated heterocycles. The second-order valence-corrected chi connectivity index (χ2v) is 11.4. The third-order valence-corrected chi connectivity index (χ3v) is 7.61. The topological polar surface area (TPSA) is 131 Å². The molecule has 2 aliphatic heterocycles. The van der Waals surface area contributed by atoms with E-state index in [1.165, 1.54) is 11.7 Å². The molecule has 41 heavy (non-hydrogen) atoms. The number of amides is 1. The van der Waals surface area contributed by atoms with Gasteiger partial charge in [-0.3, -0.25) is 4.57 Å². The van der Waals surface area contributed by atoms with Crippen LogP contribution in [0.5, 0.6) is 5.75 Å². The molecule has 0 bridgehead atoms. The summed E-state index contributed by atoms with van der Waals surface area (Å²) in [6, 6.07) is 4.74. The Morgan fingerprint density at radius 1 is 1.07 bits per heavy atom. The van der Waals surface area contributed by atoms with Gasteiger partial charge in [-0.1, -0.05) is 26.8 Å². The number of halogens is 2. The standard InChI is InChI=1S/C27H36F2N8O4/c1-27(2,3)20(31-26(38)39)16-7-6-10-36(15-16)24-32-23(35-11-13-41-14-12-35)33-25(34-24)37-17-8-5-9-18(40-4)19(17)30-22(37)21(28)29/h5,8-9,16,20-21,31H,6-7,10-15H2,1-4H3,(H,38,39). The summed E-state index contributed by atoms with van der Waals surface area (Å²) in [6.07, 6.45) is -2.34. The number of imidazole rings is 1. The van der Waals surface area contributed by atoms with E-state index >= 15 is 0 Å². The maximum Gasteiger partial charge on any atom is 0.404 e. The van der Waals surface area contributed by atoms with Crippen LogP contribution >= 0.6 is 0 Å². The minimum atomic E-state index is -2.90. The first-order valence-corrected chi connectivity index (χ1v) is 13.7. The first-order chi connectivity index (χ1) is 19.6. The zero-order valence-corrected chi connectivity index (χ0v) is 23.7. The SMILES string of the molecule is COc1cccc2c1nc(C(F)F)n2-c1nc(N2CCOCC2)nc(N2CCCC(C(NC(=O)O)C(C)(C)C)C2)n1. The molecule has 0 aliphatic carbocycles. The van der Waals surface area contributed by atoms with Gasteiger partial charge in [0.2, 0.25) is 17.8 Å². The number of hydrogen-bond donors (Lipinski definition) is 2. The predicted octanol–water partition coefficient (Wildman–Crippen LogP) is 3.89. The van der Waals surface area contributed by atoms with Gasteiger partial charge in [0, 0.05) is 32.2 Å². The van der Waals surface area contributed by atoms with Crippen LogP contribution in [-0.4, -0.2) is 88.2 Å². The Morgan fingerprint density at radius 2 is 1.76 bits per heavy atom. The maximum atomic E-state index is 14.4. The quantitative estimate of drug-likeness (QED) is 0.429. The predicted molar refractivity (Wildman–Crippen MR) is 148 cm³/mol. The Labute approximate surface area is 236 Å². The molecule has 2 aliphatic rings. The number of fused-ring (bicyclic) bond motifs is 1. The van der Waals surface area contributed by atoms with Crippen molar-refractivity contribution in [2.45, 2.75) is 46.1 Å². The molecule has 2 atom stereocenters. The first-order valence-electron chi connectivity index (χ1n) is 13.7. The fraction of sp³-hybridized carbons (Fsp3) is 0.593. The number of aromatic nitrogens is 5. The van der Waals surface area contributed by atoms with Gasteiger partial charge in [-0.15, -0.1) is 0 Å². The van der Waals surface area contributed by atoms with Crippen molar-refractivity contribution in [3.05, 3.63) is 24.0 Å². The van der Waals surface area contributed by atoms with Crippen LogP contribution in [-0.2, 0) is 4.74 Å². The summed E-state index contributed by atoms with van der Waals surface area (Å²) < 4.78 is 40.9. The fourth-order valence-electron chi connectivity index (χ4n) is 5.74. The molecular weight excluding hydrogens is 538 g/mol. The van der Waals surface area contributed by atoms with Crippen LogP contribution in [0.1, 0.15) is 45.9 Å². The molecule has 2 unspecified atom stereocenters. The number of anilines is 2. The van der Waals surface area contributed by atoms with Crippen molar-refractivity contribution in [1.82, 2.24) is 29.8 Å². The summed E-state index contributed by atoms with van der Waals surface area (Å²) in [7, 11) is 1.46. The number of piperidine rings is 1. The van der Waals surface area contributed by atoms with Crippen molar-refractivity contribution in [3.8, 4) is 11.7 Å². The van der Waals surface area contributed by atoms with Crippen LogP contribution < -0.4 is 19.9 Å². The highest BCUT2D eigenvalue weighted by atomic mass is 19.3. The summed E-state index contributed by atoms with van der Waals surface area (Å²) in [5, 5.41) is 12.2. The van der Waals surface area contributed by atoms with E-state index in [0.717, 1.165) is 12.8 Å². The van der Waals surface area contributed by atoms with Gasteiger partial charge in [0.05, 0.1) is 25.8 Å². The Morgan fingerprint density at radius 3 is 2.39 bits per heavy atom. The monoisotopic (exact) mass is 574 g/mol. The van der Waals surface area contributed by atoms with E-state index in [1.54, 1.807) is 18.2 Å². The summed E-state index contributed by atoms with van der Waals surface area (Å²) in [5.74, 6) is 0.585. The van der Waals surface area contributed by atoms with Gasteiger partial charge in [-0.05, 0) is 36.3 Å². The number of hydrogen-bond acceptors (Lipinski definition) is 9. The fourth-order valence-corrected chi connectivity index (χ4v) is 5.74. The number of para-hydroxylation sites is 1. The van der Waals surface area contributed by atoms with Gasteiger partial charge in [0.1, 0.15) is 11.3 Å². The van der Waals surface area contributed by atoms with Crippen molar-refractivity contribution >= 4 is 29.0 Å². The van der Waals surface area contributed by atoms with E-state index in [-0.39, 0.29) is 28.8 Å². The molecule has 2 aromatic heterocycles. The highest BCUT2D eigenvalue weighted by molar-refractivity contribution is 5.84. The molecule has 12 nitrogen and oxygen atoms in total. The number of benzene rings is 1. The minimum absolute atomic E-state index is 0.0122. The van der Waals surface area contributed by atoms with Gasteiger partial charge in [0.15, 0.2) is 5.82 Å². The molecular formula is C27H36F2N8O4. The first kappa shape index (κ1) is 28.7. The van der Waals surface area contributed by atoms with Gasteiger partial charge in [-0.25, -0.2) is 18.6 Å². The molecule has 5 rings (SSSR count). The van der Waals surface area contributed by atoms with Crippen molar-refractivity contribution in [2.24, 2.45) is 11.3 Å². The smallest absolute Gasteiger partial charge is 0.404 e. The lowest BCUT2D eigenvalue weighted by atomic mass is 9.76. The van der Waals surface area contributed by atoms with Crippen molar-refractivity contribution in [1.29, 1.82) is 0 Å². The van der Waals surface area contributed by atoms with Crippen LogP contribution in [0.4, 0.5) is 25.5 Å². The number of nitrogens with zero attached hydrogens (tertiary/aromatic N) is 7. The number of nitrogens with one attached hydrogen (secondary N) is 1. The summed E-state index contributed by atoms with van der Waals surface area (Å²) in [5.41, 5.74) is 0.349. The Kier molecular flexibility index (Phi) is 8.11. The van der Waals surface area contributed by atoms with E-state index in [1.807, 2.05) is 30.6 Å². The number of carboxylic acid groups (broad SMARTS) is 1. The van der Waals surface area contributed by atoms with Crippen molar-refractivity contribution in [2.75, 3.05) is 56.3 Å². The summed E-state index contributed by atoms with van der Waals surface area (Å²) >= 11 is 0. The molecule has 1 amide bonds. The van der Waals surface area contributed by atoms with Gasteiger partial charge < -0.3 is 29.7 Å². The molecule has 14 heteroatoms. The Bertz CT molecular complexity index is 1390. The number of rotatable bonds is 7. The number of alkyl halides is 2. The van der Waals surface area contributed by atoms with Gasteiger partial charge in [0.25, 0.3) is 6.43 Å². The highest BCUT2D eigenvalue weighted by Crippen LogP contribution is 2.35. The molecule has 2 fully saturated rings. The summed E-state index contributed by atoms with van der Waals surface area (Å²) in [4.78, 5) is 33.9. The van der Waals surface area contributed by atoms with Gasteiger partial charge >= 0.3 is 6.09 Å². The average Bonchev–Trinajstić information content (AvgIpc) is 3.36. The lowest BCUT2D eigenvalue weighted by Gasteiger charge is -2.42. The van der Waals surface area contributed by atoms with E-state index in [0.29, 0.717) is 62.6 Å². The van der Waals surface area contributed by atoms with Crippen LogP contribution in [0.25, 0.3) is 17.0 Å². The van der Waals surface area contributed by atoms with Crippen LogP contribution in [0.3, 0.4) is 0 Å². The third-order valence-electron chi connectivity index (χ3n) is 7.61. The normalized spacial score (nSPS) is 19.0. The minimum Gasteiger partial charge on any atom is -0.494 e. The zero-order valence-electron chi connectivity index (χ0n) is 23.7. The highest BCUT2D eigenvalue weighted by Gasteiger charge is 2.37. The molecule has 4 heterocycles. The van der Waals surface area contributed by atoms with Crippen LogP contribution in [0, 0.1) is 11.3 Å². The van der Waals surface area contributed by atoms with Crippen molar-refractivity contribution in [3.63, 3.8) is 0 Å². The molecule has 3 aromatic rings. The van der Waals surface area contributed by atoms with E-state index < -0.39 is 18.3 Å². The number of methoxy groups -OCH3 is 1. The van der Waals surface area contributed by atoms with E-state index in [2.05, 4.69) is 15.3 Å². The second kappa shape index (κ2) is 11.6. The van der Waals surface area contributed by atoms with Crippen molar-refractivity contribution < 1.29 is 28.2 Å². The number of ether oxygens (including phenoxy) is 2. The molecule has 0 saturated carbocycles. The zero-order chi connectivity index (χ0) is 29.3. The maximum absolute atomic E-state index is 14.4. The molecule has 222 valence electrons. The van der Waals surface area contributed by atoms with Gasteiger partial charge in [-0.2, -0.15) is 15.0 Å². The number of morpholine rings is 1. The molecule has 0 radical (unpaired) electrons. The largest absolute Gasteiger partial charge is 0.494 e. The van der Waals surface area contributed by atoms with E-state index in [4.69, 9.17) is 19.4 Å². The summed E-state index contributed by atoms with van der Waals surface area (Å²) in [6.45, 7) is 9.21. The Balaban J connectivity index is 1.61. The Hall–Kier alpha value is -3.81. The molecule has 2 N–H and O–H groups in total. The van der Waals surface area contributed by atoms with Crippen LogP contribution in [0.15, 0.2) is 18.2 Å². The third kappa shape index (κ3) is 5.97. The molecule has 1 aromatic carbocycles. The number of carbonyl (C=O) groups is 1. The lowest BCUT2D eigenvalue weighted by molar-refractivity contribution is 0.122. The molecule has 0 spiro atoms. The second-order valence-electron chi connectivity index (χ2n) is 11.4. The van der Waals surface area contributed by atoms with E-state index in [9.17, 15) is 18.7 Å².